The van der Waals surface area contributed by atoms with Crippen LogP contribution in [0.3, 0.4) is 0 Å². The number of benzene rings is 1. The number of carbonyl (C=O) groups is 2. The van der Waals surface area contributed by atoms with Gasteiger partial charge in [-0.15, -0.1) is 0 Å². The van der Waals surface area contributed by atoms with Crippen molar-refractivity contribution in [2.24, 2.45) is 0 Å². The maximum absolute atomic E-state index is 11.2. The standard InChI is InChI=1S/C27H44O5/c1-3-4-10-17-25(31-22-24-15-11-9-12-16-24)18-13-7-5-6-8-14-19-26(32-23(2)28)20-21-27(29)30/h9,11-12,15-16,25-26H,3-8,10,13-14,17-22H2,1-2H3,(H,29,30). The number of hydrogen-bond donors (Lipinski definition) is 1. The van der Waals surface area contributed by atoms with Gasteiger partial charge < -0.3 is 14.6 Å². The largest absolute Gasteiger partial charge is 0.481 e. The molecule has 0 aliphatic carbocycles. The molecule has 0 fully saturated rings. The fraction of sp³-hybridized carbons (Fsp3) is 0.704. The maximum Gasteiger partial charge on any atom is 0.303 e. The van der Waals surface area contributed by atoms with Crippen LogP contribution in [0.15, 0.2) is 30.3 Å². The van der Waals surface area contributed by atoms with Crippen LogP contribution < -0.4 is 0 Å². The molecule has 2 unspecified atom stereocenters. The Kier molecular flexibility index (Phi) is 16.4. The Bertz CT molecular complexity index is 601. The molecule has 0 amide bonds. The minimum atomic E-state index is -0.845. The summed E-state index contributed by atoms with van der Waals surface area (Å²) in [5.41, 5.74) is 1.24. The molecular formula is C27H44O5. The van der Waals surface area contributed by atoms with E-state index in [9.17, 15) is 9.59 Å². The Morgan fingerprint density at radius 1 is 0.812 bits per heavy atom. The maximum atomic E-state index is 11.2. The first-order valence-corrected chi connectivity index (χ1v) is 12.6. The van der Waals surface area contributed by atoms with Gasteiger partial charge in [-0.2, -0.15) is 0 Å². The van der Waals surface area contributed by atoms with Gasteiger partial charge in [-0.25, -0.2) is 0 Å². The lowest BCUT2D eigenvalue weighted by atomic mass is 10.0. The topological polar surface area (TPSA) is 72.8 Å². The van der Waals surface area contributed by atoms with Gasteiger partial charge in [0.2, 0.25) is 0 Å². The normalized spacial score (nSPS) is 12.9. The lowest BCUT2D eigenvalue weighted by molar-refractivity contribution is -0.149. The zero-order valence-electron chi connectivity index (χ0n) is 20.2. The molecule has 5 nitrogen and oxygen atoms in total. The summed E-state index contributed by atoms with van der Waals surface area (Å²) in [5.74, 6) is -1.17. The molecule has 2 atom stereocenters. The molecule has 1 rings (SSSR count). The Labute approximate surface area is 194 Å². The van der Waals surface area contributed by atoms with E-state index in [-0.39, 0.29) is 18.5 Å². The Hall–Kier alpha value is -1.88. The Morgan fingerprint density at radius 3 is 1.94 bits per heavy atom. The fourth-order valence-corrected chi connectivity index (χ4v) is 3.95. The number of unbranched alkanes of at least 4 members (excludes halogenated alkanes) is 7. The van der Waals surface area contributed by atoms with Crippen LogP contribution in [0.2, 0.25) is 0 Å². The van der Waals surface area contributed by atoms with Crippen LogP contribution in [0.5, 0.6) is 0 Å². The van der Waals surface area contributed by atoms with Crippen LogP contribution in [0, 0.1) is 0 Å². The minimum absolute atomic E-state index is 0.0453. The van der Waals surface area contributed by atoms with E-state index < -0.39 is 5.97 Å². The van der Waals surface area contributed by atoms with Crippen molar-refractivity contribution in [3.63, 3.8) is 0 Å². The van der Waals surface area contributed by atoms with Crippen molar-refractivity contribution in [1.29, 1.82) is 0 Å². The molecule has 0 bridgehead atoms. The number of aliphatic carboxylic acids is 1. The average molecular weight is 449 g/mol. The van der Waals surface area contributed by atoms with Gasteiger partial charge in [-0.3, -0.25) is 9.59 Å². The van der Waals surface area contributed by atoms with Crippen LogP contribution in [-0.2, 0) is 25.7 Å². The molecular weight excluding hydrogens is 404 g/mol. The van der Waals surface area contributed by atoms with Gasteiger partial charge in [-0.1, -0.05) is 88.6 Å². The summed E-state index contributed by atoms with van der Waals surface area (Å²) in [7, 11) is 0. The van der Waals surface area contributed by atoms with Gasteiger partial charge in [0.05, 0.1) is 12.7 Å². The highest BCUT2D eigenvalue weighted by Gasteiger charge is 2.14. The molecule has 0 heterocycles. The Balaban J connectivity index is 2.18. The molecule has 0 spiro atoms. The first-order chi connectivity index (χ1) is 15.5. The van der Waals surface area contributed by atoms with E-state index in [4.69, 9.17) is 14.6 Å². The van der Waals surface area contributed by atoms with Crippen LogP contribution in [0.4, 0.5) is 0 Å². The summed E-state index contributed by atoms with van der Waals surface area (Å²) in [6.45, 7) is 4.32. The predicted octanol–water partition coefficient (Wildman–Crippen LogP) is 7.07. The van der Waals surface area contributed by atoms with Crippen LogP contribution in [-0.4, -0.2) is 29.3 Å². The number of hydrogen-bond acceptors (Lipinski definition) is 4. The van der Waals surface area contributed by atoms with Crippen LogP contribution >= 0.6 is 0 Å². The van der Waals surface area contributed by atoms with Crippen molar-refractivity contribution in [3.05, 3.63) is 35.9 Å². The second-order valence-electron chi connectivity index (χ2n) is 8.78. The quantitative estimate of drug-likeness (QED) is 0.171. The second kappa shape index (κ2) is 18.7. The molecule has 1 N–H and O–H groups in total. The van der Waals surface area contributed by atoms with E-state index in [1.54, 1.807) is 0 Å². The molecule has 182 valence electrons. The summed E-state index contributed by atoms with van der Waals surface area (Å²) in [4.78, 5) is 21.9. The van der Waals surface area contributed by atoms with Crippen molar-refractivity contribution in [1.82, 2.24) is 0 Å². The van der Waals surface area contributed by atoms with E-state index in [1.807, 2.05) is 6.07 Å². The van der Waals surface area contributed by atoms with Gasteiger partial charge in [0.1, 0.15) is 6.10 Å². The zero-order chi connectivity index (χ0) is 23.4. The van der Waals surface area contributed by atoms with Gasteiger partial charge >= 0.3 is 11.9 Å². The van der Waals surface area contributed by atoms with E-state index >= 15 is 0 Å². The van der Waals surface area contributed by atoms with Crippen molar-refractivity contribution in [3.8, 4) is 0 Å². The van der Waals surface area contributed by atoms with Gasteiger partial charge in [0.15, 0.2) is 0 Å². The smallest absolute Gasteiger partial charge is 0.303 e. The van der Waals surface area contributed by atoms with Gasteiger partial charge in [-0.05, 0) is 37.7 Å². The first-order valence-electron chi connectivity index (χ1n) is 12.6. The predicted molar refractivity (Wildman–Crippen MR) is 129 cm³/mol. The first kappa shape index (κ1) is 28.2. The lowest BCUT2D eigenvalue weighted by Crippen LogP contribution is -2.17. The molecule has 0 aliphatic heterocycles. The fourth-order valence-electron chi connectivity index (χ4n) is 3.95. The van der Waals surface area contributed by atoms with Crippen molar-refractivity contribution >= 4 is 11.9 Å². The summed E-state index contributed by atoms with van der Waals surface area (Å²) in [6, 6.07) is 10.4. The van der Waals surface area contributed by atoms with Gasteiger partial charge in [0.25, 0.3) is 0 Å². The van der Waals surface area contributed by atoms with E-state index in [1.165, 1.54) is 51.0 Å². The SMILES string of the molecule is CCCCCC(CCCCCCCCC(CCC(=O)O)OC(C)=O)OCc1ccccc1. The number of carboxylic acids is 1. The molecule has 5 heteroatoms. The molecule has 32 heavy (non-hydrogen) atoms. The van der Waals surface area contributed by atoms with Crippen molar-refractivity contribution < 1.29 is 24.2 Å². The summed E-state index contributed by atoms with van der Waals surface area (Å²) >= 11 is 0. The monoisotopic (exact) mass is 448 g/mol. The van der Waals surface area contributed by atoms with E-state index in [0.717, 1.165) is 38.5 Å². The molecule has 1 aromatic rings. The van der Waals surface area contributed by atoms with Crippen molar-refractivity contribution in [2.75, 3.05) is 0 Å². The summed E-state index contributed by atoms with van der Waals surface area (Å²) in [5, 5.41) is 8.83. The number of ether oxygens (including phenoxy) is 2. The molecule has 0 radical (unpaired) electrons. The number of esters is 1. The van der Waals surface area contributed by atoms with E-state index in [2.05, 4.69) is 31.2 Å². The highest BCUT2D eigenvalue weighted by Crippen LogP contribution is 2.18. The number of carboxylic acid groups (broad SMARTS) is 1. The lowest BCUT2D eigenvalue weighted by Gasteiger charge is -2.18. The number of rotatable bonds is 20. The molecule has 0 aliphatic rings. The van der Waals surface area contributed by atoms with E-state index in [0.29, 0.717) is 19.1 Å². The third-order valence-corrected chi connectivity index (χ3v) is 5.77. The highest BCUT2D eigenvalue weighted by atomic mass is 16.5. The molecule has 1 aromatic carbocycles. The summed E-state index contributed by atoms with van der Waals surface area (Å²) in [6.07, 6.45) is 14.1. The average Bonchev–Trinajstić information content (AvgIpc) is 2.77. The van der Waals surface area contributed by atoms with Crippen LogP contribution in [0.1, 0.15) is 109 Å². The molecule has 0 saturated heterocycles. The Morgan fingerprint density at radius 2 is 1.38 bits per heavy atom. The highest BCUT2D eigenvalue weighted by molar-refractivity contribution is 5.67. The van der Waals surface area contributed by atoms with Crippen molar-refractivity contribution in [2.45, 2.75) is 123 Å². The number of carbonyl (C=O) groups excluding carboxylic acids is 1. The third kappa shape index (κ3) is 15.9. The zero-order valence-corrected chi connectivity index (χ0v) is 20.2. The van der Waals surface area contributed by atoms with Gasteiger partial charge in [0, 0.05) is 13.3 Å². The second-order valence-corrected chi connectivity index (χ2v) is 8.78. The minimum Gasteiger partial charge on any atom is -0.481 e. The molecule has 0 aromatic heterocycles. The summed E-state index contributed by atoms with van der Waals surface area (Å²) < 4.78 is 11.5. The van der Waals surface area contributed by atoms with Crippen LogP contribution in [0.25, 0.3) is 0 Å². The third-order valence-electron chi connectivity index (χ3n) is 5.77. The molecule has 0 saturated carbocycles.